The second-order valence-corrected chi connectivity index (χ2v) is 4.80. The van der Waals surface area contributed by atoms with E-state index in [9.17, 15) is 4.79 Å². The molecule has 3 nitrogen and oxygen atoms in total. The van der Waals surface area contributed by atoms with E-state index in [4.69, 9.17) is 5.73 Å². The summed E-state index contributed by atoms with van der Waals surface area (Å²) in [6, 6.07) is 0.0666. The first-order valence-electron chi connectivity index (χ1n) is 6.14. The number of likely N-dealkylation sites (tertiary alicyclic amines) is 1. The van der Waals surface area contributed by atoms with Crippen LogP contribution in [-0.2, 0) is 4.79 Å². The summed E-state index contributed by atoms with van der Waals surface area (Å²) in [5.74, 6) is 0.751. The van der Waals surface area contributed by atoms with Gasteiger partial charge in [0.2, 0.25) is 5.91 Å². The highest BCUT2D eigenvalue weighted by Gasteiger charge is 2.31. The molecule has 0 aromatic carbocycles. The zero-order valence-corrected chi connectivity index (χ0v) is 10.2. The van der Waals surface area contributed by atoms with Crippen LogP contribution in [0.2, 0.25) is 0 Å². The van der Waals surface area contributed by atoms with E-state index in [2.05, 4.69) is 13.8 Å². The van der Waals surface area contributed by atoms with Gasteiger partial charge >= 0.3 is 0 Å². The third-order valence-corrected chi connectivity index (χ3v) is 3.37. The number of nitrogens with two attached hydrogens (primary N) is 1. The van der Waals surface area contributed by atoms with Crippen molar-refractivity contribution >= 4 is 5.91 Å². The van der Waals surface area contributed by atoms with E-state index >= 15 is 0 Å². The van der Waals surface area contributed by atoms with Gasteiger partial charge in [0, 0.05) is 12.6 Å². The van der Waals surface area contributed by atoms with Gasteiger partial charge in [-0.2, -0.15) is 0 Å². The average molecular weight is 212 g/mol. The molecule has 2 N–H and O–H groups in total. The van der Waals surface area contributed by atoms with Crippen molar-refractivity contribution in [1.82, 2.24) is 4.90 Å². The molecule has 0 radical (unpaired) electrons. The Bertz CT molecular complexity index is 216. The normalized spacial score (nSPS) is 28.9. The molecule has 1 fully saturated rings. The topological polar surface area (TPSA) is 46.3 Å². The summed E-state index contributed by atoms with van der Waals surface area (Å²) in [4.78, 5) is 13.9. The summed E-state index contributed by atoms with van der Waals surface area (Å²) in [6.07, 6.45) is 4.62. The minimum Gasteiger partial charge on any atom is -0.338 e. The summed E-state index contributed by atoms with van der Waals surface area (Å²) >= 11 is 0. The lowest BCUT2D eigenvalue weighted by Gasteiger charge is -2.41. The van der Waals surface area contributed by atoms with Crippen LogP contribution in [0, 0.1) is 5.92 Å². The van der Waals surface area contributed by atoms with Crippen LogP contribution < -0.4 is 5.73 Å². The zero-order chi connectivity index (χ0) is 11.4. The monoisotopic (exact) mass is 212 g/mol. The standard InChI is InChI=1S/C12H24N2O/c1-4-6-11-9(2)7-5-8-14(11)12(15)10(3)13/h9-11H,4-8,13H2,1-3H3/t9?,10-,11?/m1/s1. The number of carbonyl (C=O) groups is 1. The Kier molecular flexibility index (Phi) is 4.58. The molecular formula is C12H24N2O. The van der Waals surface area contributed by atoms with E-state index in [0.717, 1.165) is 25.8 Å². The van der Waals surface area contributed by atoms with Gasteiger partial charge in [0.25, 0.3) is 0 Å². The van der Waals surface area contributed by atoms with Crippen molar-refractivity contribution in [2.75, 3.05) is 6.54 Å². The molecule has 1 heterocycles. The number of carbonyl (C=O) groups excluding carboxylic acids is 1. The molecule has 2 unspecified atom stereocenters. The van der Waals surface area contributed by atoms with Crippen molar-refractivity contribution < 1.29 is 4.79 Å². The summed E-state index contributed by atoms with van der Waals surface area (Å²) < 4.78 is 0. The Labute approximate surface area is 93.0 Å². The third kappa shape index (κ3) is 2.94. The van der Waals surface area contributed by atoms with E-state index in [1.807, 2.05) is 4.90 Å². The molecular weight excluding hydrogens is 188 g/mol. The lowest BCUT2D eigenvalue weighted by Crippen LogP contribution is -2.52. The van der Waals surface area contributed by atoms with Gasteiger partial charge in [-0.1, -0.05) is 20.3 Å². The Morgan fingerprint density at radius 3 is 2.80 bits per heavy atom. The molecule has 3 heteroatoms. The summed E-state index contributed by atoms with van der Waals surface area (Å²) in [6.45, 7) is 7.11. The maximum absolute atomic E-state index is 11.9. The minimum absolute atomic E-state index is 0.125. The number of piperidine rings is 1. The Morgan fingerprint density at radius 1 is 1.60 bits per heavy atom. The molecule has 0 aromatic rings. The van der Waals surface area contributed by atoms with Crippen LogP contribution in [0.5, 0.6) is 0 Å². The van der Waals surface area contributed by atoms with Crippen LogP contribution in [0.3, 0.4) is 0 Å². The Morgan fingerprint density at radius 2 is 2.27 bits per heavy atom. The smallest absolute Gasteiger partial charge is 0.239 e. The average Bonchev–Trinajstić information content (AvgIpc) is 2.20. The molecule has 1 aliphatic rings. The number of hydrogen-bond acceptors (Lipinski definition) is 2. The van der Waals surface area contributed by atoms with Crippen LogP contribution >= 0.6 is 0 Å². The van der Waals surface area contributed by atoms with Crippen molar-refractivity contribution in [2.45, 2.75) is 58.5 Å². The molecule has 0 spiro atoms. The highest BCUT2D eigenvalue weighted by Crippen LogP contribution is 2.26. The molecule has 1 aliphatic heterocycles. The van der Waals surface area contributed by atoms with Crippen molar-refractivity contribution in [3.63, 3.8) is 0 Å². The van der Waals surface area contributed by atoms with Gasteiger partial charge in [0.15, 0.2) is 0 Å². The predicted octanol–water partition coefficient (Wildman–Crippen LogP) is 1.76. The van der Waals surface area contributed by atoms with Crippen LogP contribution in [0.1, 0.15) is 46.5 Å². The lowest BCUT2D eigenvalue weighted by atomic mass is 9.87. The van der Waals surface area contributed by atoms with E-state index in [1.54, 1.807) is 6.92 Å². The van der Waals surface area contributed by atoms with Gasteiger partial charge in [0.1, 0.15) is 0 Å². The number of rotatable bonds is 3. The van der Waals surface area contributed by atoms with E-state index in [0.29, 0.717) is 12.0 Å². The SMILES string of the molecule is CCCC1C(C)CCCN1C(=O)[C@@H](C)N. The number of hydrogen-bond donors (Lipinski definition) is 1. The fraction of sp³-hybridized carbons (Fsp3) is 0.917. The van der Waals surface area contributed by atoms with E-state index in [-0.39, 0.29) is 11.9 Å². The van der Waals surface area contributed by atoms with E-state index in [1.165, 1.54) is 6.42 Å². The number of nitrogens with zero attached hydrogens (tertiary/aromatic N) is 1. The quantitative estimate of drug-likeness (QED) is 0.775. The van der Waals surface area contributed by atoms with Crippen molar-refractivity contribution in [2.24, 2.45) is 11.7 Å². The molecule has 3 atom stereocenters. The molecule has 0 aliphatic carbocycles. The van der Waals surface area contributed by atoms with Gasteiger partial charge in [0.05, 0.1) is 6.04 Å². The van der Waals surface area contributed by atoms with Gasteiger partial charge < -0.3 is 10.6 Å². The Balaban J connectivity index is 2.70. The van der Waals surface area contributed by atoms with Gasteiger partial charge in [-0.15, -0.1) is 0 Å². The summed E-state index contributed by atoms with van der Waals surface area (Å²) in [5, 5.41) is 0. The van der Waals surface area contributed by atoms with Gasteiger partial charge in [-0.25, -0.2) is 0 Å². The predicted molar refractivity (Wildman–Crippen MR) is 62.5 cm³/mol. The van der Waals surface area contributed by atoms with Crippen LogP contribution in [0.4, 0.5) is 0 Å². The highest BCUT2D eigenvalue weighted by molar-refractivity contribution is 5.81. The van der Waals surface area contributed by atoms with Crippen molar-refractivity contribution in [3.8, 4) is 0 Å². The maximum Gasteiger partial charge on any atom is 0.239 e. The molecule has 1 rings (SSSR count). The zero-order valence-electron chi connectivity index (χ0n) is 10.2. The molecule has 88 valence electrons. The van der Waals surface area contributed by atoms with Crippen LogP contribution in [-0.4, -0.2) is 29.4 Å². The summed E-state index contributed by atoms with van der Waals surface area (Å²) in [7, 11) is 0. The highest BCUT2D eigenvalue weighted by atomic mass is 16.2. The first-order chi connectivity index (χ1) is 7.07. The molecule has 0 saturated carbocycles. The van der Waals surface area contributed by atoms with Crippen molar-refractivity contribution in [3.05, 3.63) is 0 Å². The van der Waals surface area contributed by atoms with E-state index < -0.39 is 0 Å². The fourth-order valence-corrected chi connectivity index (χ4v) is 2.52. The van der Waals surface area contributed by atoms with Crippen molar-refractivity contribution in [1.29, 1.82) is 0 Å². The molecule has 0 bridgehead atoms. The van der Waals surface area contributed by atoms with Crippen LogP contribution in [0.25, 0.3) is 0 Å². The third-order valence-electron chi connectivity index (χ3n) is 3.37. The molecule has 1 amide bonds. The maximum atomic E-state index is 11.9. The van der Waals surface area contributed by atoms with Gasteiger partial charge in [-0.3, -0.25) is 4.79 Å². The lowest BCUT2D eigenvalue weighted by molar-refractivity contribution is -0.137. The second-order valence-electron chi connectivity index (χ2n) is 4.80. The first-order valence-corrected chi connectivity index (χ1v) is 6.14. The summed E-state index contributed by atoms with van der Waals surface area (Å²) in [5.41, 5.74) is 5.68. The second kappa shape index (κ2) is 5.50. The fourth-order valence-electron chi connectivity index (χ4n) is 2.52. The van der Waals surface area contributed by atoms with Crippen LogP contribution in [0.15, 0.2) is 0 Å². The first kappa shape index (κ1) is 12.5. The number of amides is 1. The molecule has 15 heavy (non-hydrogen) atoms. The largest absolute Gasteiger partial charge is 0.338 e. The molecule has 1 saturated heterocycles. The Hall–Kier alpha value is -0.570. The molecule has 0 aromatic heterocycles. The minimum atomic E-state index is -0.352. The van der Waals surface area contributed by atoms with Gasteiger partial charge in [-0.05, 0) is 32.1 Å².